The highest BCUT2D eigenvalue weighted by molar-refractivity contribution is 5.14. The molecule has 0 fully saturated rings. The molecule has 1 rings (SSSR count). The minimum absolute atomic E-state index is 0.507. The van der Waals surface area contributed by atoms with Gasteiger partial charge in [0.1, 0.15) is 0 Å². The molecule has 12 heavy (non-hydrogen) atoms. The summed E-state index contributed by atoms with van der Waals surface area (Å²) in [5.74, 6) is 0.995. The van der Waals surface area contributed by atoms with Crippen molar-refractivity contribution in [2.45, 2.75) is 26.8 Å². The maximum Gasteiger partial charge on any atom is 0.189 e. The third-order valence-electron chi connectivity index (χ3n) is 1.88. The molecule has 2 heteroatoms. The highest BCUT2D eigenvalue weighted by atomic mass is 16.5. The molecule has 0 aromatic carbocycles. The highest BCUT2D eigenvalue weighted by Gasteiger charge is 2.13. The lowest BCUT2D eigenvalue weighted by Gasteiger charge is -2.30. The van der Waals surface area contributed by atoms with E-state index in [1.54, 1.807) is 0 Å². The predicted molar refractivity (Wildman–Crippen MR) is 50.7 cm³/mol. The SMILES string of the molecule is CCOC1=CC=CCN1C(C)C. The minimum atomic E-state index is 0.507. The lowest BCUT2D eigenvalue weighted by Crippen LogP contribution is -2.32. The van der Waals surface area contributed by atoms with E-state index in [9.17, 15) is 0 Å². The number of rotatable bonds is 3. The monoisotopic (exact) mass is 167 g/mol. The zero-order valence-electron chi connectivity index (χ0n) is 8.08. The average Bonchev–Trinajstić information content (AvgIpc) is 2.05. The van der Waals surface area contributed by atoms with Gasteiger partial charge in [0.15, 0.2) is 5.88 Å². The molecule has 68 valence electrons. The Balaban J connectivity index is 2.63. The van der Waals surface area contributed by atoms with Gasteiger partial charge in [-0.05, 0) is 26.8 Å². The van der Waals surface area contributed by atoms with Gasteiger partial charge in [-0.3, -0.25) is 0 Å². The van der Waals surface area contributed by atoms with Gasteiger partial charge in [0.25, 0.3) is 0 Å². The quantitative estimate of drug-likeness (QED) is 0.638. The van der Waals surface area contributed by atoms with Crippen molar-refractivity contribution in [1.82, 2.24) is 4.90 Å². The third-order valence-corrected chi connectivity index (χ3v) is 1.88. The summed E-state index contributed by atoms with van der Waals surface area (Å²) in [6, 6.07) is 0.507. The molecule has 0 bridgehead atoms. The summed E-state index contributed by atoms with van der Waals surface area (Å²) in [6.45, 7) is 8.06. The van der Waals surface area contributed by atoms with E-state index in [0.29, 0.717) is 6.04 Å². The van der Waals surface area contributed by atoms with Crippen LogP contribution in [0.1, 0.15) is 20.8 Å². The van der Waals surface area contributed by atoms with Crippen molar-refractivity contribution < 1.29 is 4.74 Å². The molecule has 0 amide bonds. The Hall–Kier alpha value is -0.920. The lowest BCUT2D eigenvalue weighted by molar-refractivity contribution is 0.108. The van der Waals surface area contributed by atoms with Crippen molar-refractivity contribution >= 4 is 0 Å². The molecule has 0 saturated heterocycles. The maximum atomic E-state index is 5.49. The van der Waals surface area contributed by atoms with Gasteiger partial charge in [0.2, 0.25) is 0 Å². The van der Waals surface area contributed by atoms with Crippen LogP contribution in [-0.2, 0) is 4.74 Å². The highest BCUT2D eigenvalue weighted by Crippen LogP contribution is 2.14. The third kappa shape index (κ3) is 2.03. The molecule has 0 radical (unpaired) electrons. The first kappa shape index (κ1) is 9.17. The molecule has 0 unspecified atom stereocenters. The van der Waals surface area contributed by atoms with Crippen LogP contribution in [0.15, 0.2) is 24.1 Å². The van der Waals surface area contributed by atoms with Crippen molar-refractivity contribution in [2.75, 3.05) is 13.2 Å². The van der Waals surface area contributed by atoms with Crippen LogP contribution in [0.3, 0.4) is 0 Å². The fourth-order valence-corrected chi connectivity index (χ4v) is 1.25. The van der Waals surface area contributed by atoms with E-state index < -0.39 is 0 Å². The van der Waals surface area contributed by atoms with Crippen LogP contribution in [-0.4, -0.2) is 24.1 Å². The molecule has 0 atom stereocenters. The van der Waals surface area contributed by atoms with E-state index in [0.717, 1.165) is 19.0 Å². The van der Waals surface area contributed by atoms with Gasteiger partial charge in [0, 0.05) is 12.6 Å². The zero-order chi connectivity index (χ0) is 8.97. The Morgan fingerprint density at radius 1 is 1.58 bits per heavy atom. The first-order chi connectivity index (χ1) is 5.75. The van der Waals surface area contributed by atoms with Gasteiger partial charge < -0.3 is 9.64 Å². The summed E-state index contributed by atoms with van der Waals surface area (Å²) >= 11 is 0. The van der Waals surface area contributed by atoms with Gasteiger partial charge in [0.05, 0.1) is 6.61 Å². The topological polar surface area (TPSA) is 12.5 Å². The lowest BCUT2D eigenvalue weighted by atomic mass is 10.2. The molecule has 1 heterocycles. The second-order valence-electron chi connectivity index (χ2n) is 3.11. The number of hydrogen-bond donors (Lipinski definition) is 0. The Kier molecular flexibility index (Phi) is 3.20. The fraction of sp³-hybridized carbons (Fsp3) is 0.600. The van der Waals surface area contributed by atoms with Crippen molar-refractivity contribution in [3.63, 3.8) is 0 Å². The molecule has 0 aromatic heterocycles. The van der Waals surface area contributed by atoms with Gasteiger partial charge in [-0.2, -0.15) is 0 Å². The van der Waals surface area contributed by atoms with E-state index in [-0.39, 0.29) is 0 Å². The molecule has 0 spiro atoms. The van der Waals surface area contributed by atoms with Crippen LogP contribution in [0, 0.1) is 0 Å². The molecule has 0 saturated carbocycles. The molecular formula is C10H17NO. The van der Waals surface area contributed by atoms with Gasteiger partial charge in [-0.15, -0.1) is 0 Å². The number of hydrogen-bond acceptors (Lipinski definition) is 2. The molecule has 0 aliphatic carbocycles. The number of nitrogens with zero attached hydrogens (tertiary/aromatic N) is 1. The van der Waals surface area contributed by atoms with Crippen molar-refractivity contribution in [3.05, 3.63) is 24.1 Å². The molecule has 1 aliphatic rings. The first-order valence-electron chi connectivity index (χ1n) is 4.52. The van der Waals surface area contributed by atoms with E-state index in [1.165, 1.54) is 0 Å². The molecular weight excluding hydrogens is 150 g/mol. The summed E-state index contributed by atoms with van der Waals surface area (Å²) in [5, 5.41) is 0. The van der Waals surface area contributed by atoms with E-state index in [4.69, 9.17) is 4.74 Å². The predicted octanol–water partition coefficient (Wildman–Crippen LogP) is 2.14. The molecule has 0 N–H and O–H groups in total. The van der Waals surface area contributed by atoms with Crippen LogP contribution in [0.5, 0.6) is 0 Å². The van der Waals surface area contributed by atoms with Crippen LogP contribution in [0.25, 0.3) is 0 Å². The van der Waals surface area contributed by atoms with Gasteiger partial charge in [-0.1, -0.05) is 12.2 Å². The van der Waals surface area contributed by atoms with Crippen LogP contribution in [0.2, 0.25) is 0 Å². The van der Waals surface area contributed by atoms with Gasteiger partial charge in [-0.25, -0.2) is 0 Å². The van der Waals surface area contributed by atoms with Crippen LogP contribution in [0.4, 0.5) is 0 Å². The van der Waals surface area contributed by atoms with Crippen molar-refractivity contribution in [3.8, 4) is 0 Å². The molecule has 2 nitrogen and oxygen atoms in total. The second kappa shape index (κ2) is 4.19. The molecule has 1 aliphatic heterocycles. The number of allylic oxidation sites excluding steroid dienone is 2. The second-order valence-corrected chi connectivity index (χ2v) is 3.11. The zero-order valence-corrected chi connectivity index (χ0v) is 8.08. The van der Waals surface area contributed by atoms with Crippen LogP contribution >= 0.6 is 0 Å². The van der Waals surface area contributed by atoms with E-state index in [2.05, 4.69) is 24.8 Å². The standard InChI is InChI=1S/C10H17NO/c1-4-12-10-7-5-6-8-11(10)9(2)3/h5-7,9H,4,8H2,1-3H3. The van der Waals surface area contributed by atoms with E-state index in [1.807, 2.05) is 19.1 Å². The summed E-state index contributed by atoms with van der Waals surface area (Å²) in [5.41, 5.74) is 0. The summed E-state index contributed by atoms with van der Waals surface area (Å²) in [6.07, 6.45) is 6.21. The largest absolute Gasteiger partial charge is 0.479 e. The Morgan fingerprint density at radius 3 is 2.92 bits per heavy atom. The molecule has 0 aromatic rings. The fourth-order valence-electron chi connectivity index (χ4n) is 1.25. The van der Waals surface area contributed by atoms with Crippen molar-refractivity contribution in [2.24, 2.45) is 0 Å². The van der Waals surface area contributed by atoms with E-state index >= 15 is 0 Å². The summed E-state index contributed by atoms with van der Waals surface area (Å²) < 4.78 is 5.49. The van der Waals surface area contributed by atoms with Gasteiger partial charge >= 0.3 is 0 Å². The first-order valence-corrected chi connectivity index (χ1v) is 4.52. The Labute approximate surface area is 74.5 Å². The Morgan fingerprint density at radius 2 is 2.33 bits per heavy atom. The number of ether oxygens (including phenoxy) is 1. The normalized spacial score (nSPS) is 16.7. The van der Waals surface area contributed by atoms with Crippen LogP contribution < -0.4 is 0 Å². The summed E-state index contributed by atoms with van der Waals surface area (Å²) in [4.78, 5) is 2.24. The summed E-state index contributed by atoms with van der Waals surface area (Å²) in [7, 11) is 0. The average molecular weight is 167 g/mol. The smallest absolute Gasteiger partial charge is 0.189 e. The minimum Gasteiger partial charge on any atom is -0.479 e. The maximum absolute atomic E-state index is 5.49. The van der Waals surface area contributed by atoms with Crippen molar-refractivity contribution in [1.29, 1.82) is 0 Å². The Bertz CT molecular complexity index is 194.